The van der Waals surface area contributed by atoms with Gasteiger partial charge in [0.15, 0.2) is 0 Å². The number of benzene rings is 2. The molecule has 1 amide bonds. The first kappa shape index (κ1) is 15.1. The molecule has 2 aliphatic rings. The molecular weight excluding hydrogens is 300 g/mol. The van der Waals surface area contributed by atoms with E-state index in [-0.39, 0.29) is 11.9 Å². The number of carbonyl (C=O) groups is 1. The van der Waals surface area contributed by atoms with Crippen LogP contribution in [0.1, 0.15) is 40.4 Å². The molecule has 4 nitrogen and oxygen atoms in total. The van der Waals surface area contributed by atoms with Crippen molar-refractivity contribution in [2.45, 2.75) is 25.3 Å². The van der Waals surface area contributed by atoms with Crippen LogP contribution >= 0.6 is 0 Å². The van der Waals surface area contributed by atoms with E-state index in [2.05, 4.69) is 17.4 Å². The summed E-state index contributed by atoms with van der Waals surface area (Å²) in [6.07, 6.45) is 3.04. The van der Waals surface area contributed by atoms with Gasteiger partial charge < -0.3 is 15.0 Å². The first-order valence-corrected chi connectivity index (χ1v) is 8.58. The second-order valence-electron chi connectivity index (χ2n) is 6.48. The number of nitrogens with zero attached hydrogens (tertiary/aromatic N) is 1. The van der Waals surface area contributed by atoms with E-state index in [1.165, 1.54) is 5.56 Å². The maximum absolute atomic E-state index is 13.1. The standard InChI is InChI=1S/C20H22N2O2/c1-24-17-5-2-4-15(13-17)19-6-3-11-22(19)20(23)16-7-8-18-14(12-16)9-10-21-18/h2,4-5,7-8,12-13,19,21H,3,6,9-11H2,1H3. The molecular formula is C20H22N2O2. The minimum absolute atomic E-state index is 0.134. The number of hydrogen-bond acceptors (Lipinski definition) is 3. The van der Waals surface area contributed by atoms with Gasteiger partial charge in [-0.15, -0.1) is 0 Å². The van der Waals surface area contributed by atoms with Crippen molar-refractivity contribution in [3.63, 3.8) is 0 Å². The van der Waals surface area contributed by atoms with E-state index < -0.39 is 0 Å². The molecule has 0 bridgehead atoms. The van der Waals surface area contributed by atoms with Gasteiger partial charge >= 0.3 is 0 Å². The Morgan fingerprint density at radius 2 is 2.17 bits per heavy atom. The molecule has 2 heterocycles. The van der Waals surface area contributed by atoms with Crippen LogP contribution in [-0.4, -0.2) is 31.0 Å². The lowest BCUT2D eigenvalue weighted by Crippen LogP contribution is -2.30. The van der Waals surface area contributed by atoms with Crippen LogP contribution < -0.4 is 10.1 Å². The zero-order valence-electron chi connectivity index (χ0n) is 13.9. The SMILES string of the molecule is COc1cccc(C2CCCN2C(=O)c2ccc3c(c2)CCN3)c1. The Bertz CT molecular complexity index is 772. The summed E-state index contributed by atoms with van der Waals surface area (Å²) in [6.45, 7) is 1.78. The topological polar surface area (TPSA) is 41.6 Å². The van der Waals surface area contributed by atoms with E-state index in [9.17, 15) is 4.79 Å². The van der Waals surface area contributed by atoms with Gasteiger partial charge in [0, 0.05) is 24.3 Å². The lowest BCUT2D eigenvalue weighted by molar-refractivity contribution is 0.0735. The Morgan fingerprint density at radius 3 is 3.04 bits per heavy atom. The molecule has 4 rings (SSSR count). The number of ether oxygens (including phenoxy) is 1. The van der Waals surface area contributed by atoms with E-state index >= 15 is 0 Å². The Kier molecular flexibility index (Phi) is 3.89. The van der Waals surface area contributed by atoms with Gasteiger partial charge in [0.25, 0.3) is 5.91 Å². The van der Waals surface area contributed by atoms with E-state index in [1.807, 2.05) is 35.2 Å². The van der Waals surface area contributed by atoms with Gasteiger partial charge in [-0.2, -0.15) is 0 Å². The average Bonchev–Trinajstić information content (AvgIpc) is 3.29. The van der Waals surface area contributed by atoms with Gasteiger partial charge in [-0.3, -0.25) is 4.79 Å². The lowest BCUT2D eigenvalue weighted by atomic mass is 10.0. The predicted molar refractivity (Wildman–Crippen MR) is 94.6 cm³/mol. The first-order chi connectivity index (χ1) is 11.8. The first-order valence-electron chi connectivity index (χ1n) is 8.58. The molecule has 4 heteroatoms. The van der Waals surface area contributed by atoms with Crippen molar-refractivity contribution < 1.29 is 9.53 Å². The van der Waals surface area contributed by atoms with Crippen LogP contribution in [0.25, 0.3) is 0 Å². The highest BCUT2D eigenvalue weighted by Crippen LogP contribution is 2.35. The monoisotopic (exact) mass is 322 g/mol. The Balaban J connectivity index is 1.61. The number of anilines is 1. The largest absolute Gasteiger partial charge is 0.497 e. The zero-order valence-corrected chi connectivity index (χ0v) is 13.9. The second kappa shape index (κ2) is 6.19. The molecule has 1 unspecified atom stereocenters. The zero-order chi connectivity index (χ0) is 16.5. The summed E-state index contributed by atoms with van der Waals surface area (Å²) < 4.78 is 5.33. The summed E-state index contributed by atoms with van der Waals surface area (Å²) in [5.74, 6) is 0.977. The van der Waals surface area contributed by atoms with Crippen molar-refractivity contribution in [2.24, 2.45) is 0 Å². The highest BCUT2D eigenvalue weighted by molar-refractivity contribution is 5.95. The number of fused-ring (bicyclic) bond motifs is 1. The molecule has 0 saturated carbocycles. The number of carbonyl (C=O) groups excluding carboxylic acids is 1. The van der Waals surface area contributed by atoms with Crippen LogP contribution in [0.5, 0.6) is 5.75 Å². The summed E-state index contributed by atoms with van der Waals surface area (Å²) in [4.78, 5) is 15.1. The van der Waals surface area contributed by atoms with Crippen LogP contribution in [0.4, 0.5) is 5.69 Å². The van der Waals surface area contributed by atoms with Crippen LogP contribution in [0.3, 0.4) is 0 Å². The molecule has 2 aliphatic heterocycles. The number of rotatable bonds is 3. The van der Waals surface area contributed by atoms with Crippen LogP contribution in [0.2, 0.25) is 0 Å². The third-order valence-corrected chi connectivity index (χ3v) is 5.05. The molecule has 0 radical (unpaired) electrons. The molecule has 24 heavy (non-hydrogen) atoms. The van der Waals surface area contributed by atoms with Gasteiger partial charge in [0.1, 0.15) is 5.75 Å². The molecule has 124 valence electrons. The van der Waals surface area contributed by atoms with Crippen LogP contribution in [0.15, 0.2) is 42.5 Å². The van der Waals surface area contributed by atoms with E-state index in [4.69, 9.17) is 4.74 Å². The van der Waals surface area contributed by atoms with Gasteiger partial charge in [-0.1, -0.05) is 12.1 Å². The number of amides is 1. The smallest absolute Gasteiger partial charge is 0.254 e. The fourth-order valence-corrected chi connectivity index (χ4v) is 3.81. The van der Waals surface area contributed by atoms with Crippen molar-refractivity contribution in [3.8, 4) is 5.75 Å². The molecule has 2 aromatic rings. The summed E-state index contributed by atoms with van der Waals surface area (Å²) in [7, 11) is 1.68. The number of nitrogens with one attached hydrogen (secondary N) is 1. The molecule has 0 aromatic heterocycles. The summed E-state index contributed by atoms with van der Waals surface area (Å²) in [6, 6.07) is 14.2. The van der Waals surface area contributed by atoms with Gasteiger partial charge in [0.05, 0.1) is 13.2 Å². The van der Waals surface area contributed by atoms with Gasteiger partial charge in [-0.25, -0.2) is 0 Å². The van der Waals surface area contributed by atoms with Crippen molar-refractivity contribution in [1.29, 1.82) is 0 Å². The Hall–Kier alpha value is -2.49. The average molecular weight is 322 g/mol. The Morgan fingerprint density at radius 1 is 1.25 bits per heavy atom. The number of likely N-dealkylation sites (tertiary alicyclic amines) is 1. The highest BCUT2D eigenvalue weighted by atomic mass is 16.5. The van der Waals surface area contributed by atoms with Gasteiger partial charge in [0.2, 0.25) is 0 Å². The van der Waals surface area contributed by atoms with E-state index in [0.717, 1.165) is 54.9 Å². The quantitative estimate of drug-likeness (QED) is 0.938. The molecule has 1 N–H and O–H groups in total. The van der Waals surface area contributed by atoms with Crippen molar-refractivity contribution in [1.82, 2.24) is 4.90 Å². The summed E-state index contributed by atoms with van der Waals surface area (Å²) in [5, 5.41) is 3.34. The van der Waals surface area contributed by atoms with Crippen LogP contribution in [-0.2, 0) is 6.42 Å². The normalized spacial score (nSPS) is 19.0. The number of hydrogen-bond donors (Lipinski definition) is 1. The summed E-state index contributed by atoms with van der Waals surface area (Å²) >= 11 is 0. The maximum atomic E-state index is 13.1. The maximum Gasteiger partial charge on any atom is 0.254 e. The molecule has 2 aromatic carbocycles. The Labute approximate surface area is 142 Å². The van der Waals surface area contributed by atoms with E-state index in [1.54, 1.807) is 7.11 Å². The van der Waals surface area contributed by atoms with Crippen LogP contribution in [0, 0.1) is 0 Å². The molecule has 1 atom stereocenters. The predicted octanol–water partition coefficient (Wildman–Crippen LogP) is 3.64. The summed E-state index contributed by atoms with van der Waals surface area (Å²) in [5.41, 5.74) is 4.37. The molecule has 0 aliphatic carbocycles. The second-order valence-corrected chi connectivity index (χ2v) is 6.48. The fraction of sp³-hybridized carbons (Fsp3) is 0.350. The fourth-order valence-electron chi connectivity index (χ4n) is 3.81. The lowest BCUT2D eigenvalue weighted by Gasteiger charge is -2.25. The third-order valence-electron chi connectivity index (χ3n) is 5.05. The minimum atomic E-state index is 0.134. The number of methoxy groups -OCH3 is 1. The van der Waals surface area contributed by atoms with E-state index in [0.29, 0.717) is 0 Å². The van der Waals surface area contributed by atoms with Crippen molar-refractivity contribution in [3.05, 3.63) is 59.2 Å². The van der Waals surface area contributed by atoms with Gasteiger partial charge in [-0.05, 0) is 60.7 Å². The highest BCUT2D eigenvalue weighted by Gasteiger charge is 2.31. The third kappa shape index (κ3) is 2.62. The molecule has 1 fully saturated rings. The molecule has 1 saturated heterocycles. The van der Waals surface area contributed by atoms with Crippen molar-refractivity contribution in [2.75, 3.05) is 25.5 Å². The van der Waals surface area contributed by atoms with Crippen molar-refractivity contribution >= 4 is 11.6 Å². The minimum Gasteiger partial charge on any atom is -0.497 e. The molecule has 0 spiro atoms.